The van der Waals surface area contributed by atoms with Gasteiger partial charge in [-0.05, 0) is 19.3 Å². The van der Waals surface area contributed by atoms with Crippen LogP contribution < -0.4 is 11.0 Å². The highest BCUT2D eigenvalue weighted by Gasteiger charge is 2.18. The van der Waals surface area contributed by atoms with E-state index in [1.165, 1.54) is 11.8 Å². The fourth-order valence-corrected chi connectivity index (χ4v) is 2.72. The van der Waals surface area contributed by atoms with Gasteiger partial charge in [0, 0.05) is 18.3 Å². The quantitative estimate of drug-likeness (QED) is 0.579. The molecule has 0 radical (unpaired) electrons. The van der Waals surface area contributed by atoms with Crippen molar-refractivity contribution in [1.29, 1.82) is 0 Å². The first-order chi connectivity index (χ1) is 7.70. The molecule has 16 heavy (non-hydrogen) atoms. The van der Waals surface area contributed by atoms with Crippen LogP contribution in [0.3, 0.4) is 0 Å². The van der Waals surface area contributed by atoms with Crippen molar-refractivity contribution in [3.8, 4) is 0 Å². The van der Waals surface area contributed by atoms with Crippen LogP contribution >= 0.6 is 11.8 Å². The number of aryl methyl sites for hydroxylation is 1. The van der Waals surface area contributed by atoms with E-state index in [9.17, 15) is 9.59 Å². The summed E-state index contributed by atoms with van der Waals surface area (Å²) in [7, 11) is 1.60. The van der Waals surface area contributed by atoms with Gasteiger partial charge in [0.2, 0.25) is 5.91 Å². The van der Waals surface area contributed by atoms with Gasteiger partial charge in [-0.3, -0.25) is 4.79 Å². The second-order valence-corrected chi connectivity index (χ2v) is 4.58. The zero-order chi connectivity index (χ0) is 11.5. The van der Waals surface area contributed by atoms with Crippen LogP contribution in [0.2, 0.25) is 0 Å². The number of H-pyrrole nitrogens is 1. The smallest absolute Gasteiger partial charge is 0.346 e. The molecule has 1 aliphatic rings. The van der Waals surface area contributed by atoms with E-state index in [1.54, 1.807) is 7.05 Å². The van der Waals surface area contributed by atoms with E-state index in [4.69, 9.17) is 0 Å². The number of nitrogens with one attached hydrogen (secondary N) is 2. The molecule has 0 aliphatic heterocycles. The molecule has 86 valence electrons. The number of amides is 1. The molecule has 1 amide bonds. The fourth-order valence-electron chi connectivity index (χ4n) is 1.76. The SMILES string of the molecule is CNC(=O)CSc1nc(=O)[nH]c2c1CCC2. The summed E-state index contributed by atoms with van der Waals surface area (Å²) in [5, 5.41) is 3.25. The molecule has 1 aromatic heterocycles. The zero-order valence-corrected chi connectivity index (χ0v) is 9.82. The Kier molecular flexibility index (Phi) is 3.28. The molecule has 1 aliphatic carbocycles. The minimum Gasteiger partial charge on any atom is -0.358 e. The summed E-state index contributed by atoms with van der Waals surface area (Å²) in [6.07, 6.45) is 2.89. The first-order valence-electron chi connectivity index (χ1n) is 5.16. The molecular formula is C10H13N3O2S. The monoisotopic (exact) mass is 239 g/mol. The van der Waals surface area contributed by atoms with Gasteiger partial charge in [0.1, 0.15) is 5.03 Å². The molecule has 0 unspecified atom stereocenters. The number of carbonyl (C=O) groups excluding carboxylic acids is 1. The Morgan fingerprint density at radius 1 is 1.56 bits per heavy atom. The molecule has 1 aromatic rings. The van der Waals surface area contributed by atoms with Gasteiger partial charge in [0.05, 0.1) is 5.75 Å². The van der Waals surface area contributed by atoms with Gasteiger partial charge in [-0.2, -0.15) is 4.98 Å². The van der Waals surface area contributed by atoms with Gasteiger partial charge < -0.3 is 10.3 Å². The maximum atomic E-state index is 11.3. The minimum atomic E-state index is -0.319. The third-order valence-electron chi connectivity index (χ3n) is 2.56. The maximum Gasteiger partial charge on any atom is 0.346 e. The molecule has 2 N–H and O–H groups in total. The Labute approximate surface area is 97.1 Å². The molecule has 0 bridgehead atoms. The Balaban J connectivity index is 2.21. The fraction of sp³-hybridized carbons (Fsp3) is 0.500. The van der Waals surface area contributed by atoms with E-state index < -0.39 is 0 Å². The third-order valence-corrected chi connectivity index (χ3v) is 3.57. The number of aromatic amines is 1. The van der Waals surface area contributed by atoms with Crippen LogP contribution in [0.1, 0.15) is 17.7 Å². The van der Waals surface area contributed by atoms with Crippen LogP contribution in [0.15, 0.2) is 9.82 Å². The number of hydrogen-bond acceptors (Lipinski definition) is 4. The normalized spacial score (nSPS) is 13.6. The zero-order valence-electron chi connectivity index (χ0n) is 9.00. The Morgan fingerprint density at radius 3 is 3.12 bits per heavy atom. The molecule has 0 spiro atoms. The summed E-state index contributed by atoms with van der Waals surface area (Å²) in [4.78, 5) is 29.1. The van der Waals surface area contributed by atoms with Crippen molar-refractivity contribution in [1.82, 2.24) is 15.3 Å². The molecular weight excluding hydrogens is 226 g/mol. The van der Waals surface area contributed by atoms with Crippen molar-refractivity contribution in [2.24, 2.45) is 0 Å². The first-order valence-corrected chi connectivity index (χ1v) is 6.14. The van der Waals surface area contributed by atoms with Gasteiger partial charge in [-0.25, -0.2) is 4.79 Å². The van der Waals surface area contributed by atoms with Gasteiger partial charge in [-0.1, -0.05) is 11.8 Å². The third kappa shape index (κ3) is 2.27. The number of rotatable bonds is 3. The highest BCUT2D eigenvalue weighted by molar-refractivity contribution is 7.99. The lowest BCUT2D eigenvalue weighted by Gasteiger charge is -2.05. The van der Waals surface area contributed by atoms with Crippen LogP contribution in [-0.2, 0) is 17.6 Å². The van der Waals surface area contributed by atoms with E-state index in [-0.39, 0.29) is 11.6 Å². The van der Waals surface area contributed by atoms with Gasteiger partial charge in [0.25, 0.3) is 0 Å². The van der Waals surface area contributed by atoms with Gasteiger partial charge in [0.15, 0.2) is 0 Å². The predicted molar refractivity (Wildman–Crippen MR) is 61.7 cm³/mol. The molecule has 0 aromatic carbocycles. The van der Waals surface area contributed by atoms with Crippen molar-refractivity contribution in [2.75, 3.05) is 12.8 Å². The number of thioether (sulfide) groups is 1. The van der Waals surface area contributed by atoms with Gasteiger partial charge >= 0.3 is 5.69 Å². The Hall–Kier alpha value is -1.30. The van der Waals surface area contributed by atoms with Crippen LogP contribution in [0.4, 0.5) is 0 Å². The Bertz CT molecular complexity index is 470. The summed E-state index contributed by atoms with van der Waals surface area (Å²) in [6, 6.07) is 0. The van der Waals surface area contributed by atoms with E-state index in [1.807, 2.05) is 0 Å². The average molecular weight is 239 g/mol. The summed E-state index contributed by atoms with van der Waals surface area (Å²) < 4.78 is 0. The topological polar surface area (TPSA) is 74.8 Å². The molecule has 0 saturated carbocycles. The molecule has 5 nitrogen and oxygen atoms in total. The van der Waals surface area contributed by atoms with Crippen molar-refractivity contribution in [2.45, 2.75) is 24.3 Å². The second-order valence-electron chi connectivity index (χ2n) is 3.62. The average Bonchev–Trinajstić information content (AvgIpc) is 2.73. The van der Waals surface area contributed by atoms with Crippen molar-refractivity contribution >= 4 is 17.7 Å². The van der Waals surface area contributed by atoms with Gasteiger partial charge in [-0.15, -0.1) is 0 Å². The van der Waals surface area contributed by atoms with Crippen LogP contribution in [0, 0.1) is 0 Å². The molecule has 6 heteroatoms. The van der Waals surface area contributed by atoms with E-state index >= 15 is 0 Å². The van der Waals surface area contributed by atoms with Crippen molar-refractivity contribution in [3.63, 3.8) is 0 Å². The van der Waals surface area contributed by atoms with Crippen LogP contribution in [0.5, 0.6) is 0 Å². The Morgan fingerprint density at radius 2 is 2.38 bits per heavy atom. The number of carbonyl (C=O) groups is 1. The molecule has 1 heterocycles. The van der Waals surface area contributed by atoms with Crippen molar-refractivity contribution in [3.05, 3.63) is 21.7 Å². The van der Waals surface area contributed by atoms with E-state index in [0.717, 1.165) is 30.5 Å². The minimum absolute atomic E-state index is 0.0566. The van der Waals surface area contributed by atoms with Crippen molar-refractivity contribution < 1.29 is 4.79 Å². The first kappa shape index (κ1) is 11.2. The maximum absolute atomic E-state index is 11.3. The standard InChI is InChI=1S/C10H13N3O2S/c1-11-8(14)5-16-9-6-3-2-4-7(6)12-10(15)13-9/h2-5H2,1H3,(H,11,14)(H,12,13,15). The summed E-state index contributed by atoms with van der Waals surface area (Å²) in [6.45, 7) is 0. The summed E-state index contributed by atoms with van der Waals surface area (Å²) >= 11 is 1.33. The van der Waals surface area contributed by atoms with E-state index in [0.29, 0.717) is 10.8 Å². The highest BCUT2D eigenvalue weighted by Crippen LogP contribution is 2.27. The van der Waals surface area contributed by atoms with Crippen LogP contribution in [-0.4, -0.2) is 28.7 Å². The molecule has 2 rings (SSSR count). The molecule has 0 fully saturated rings. The lowest BCUT2D eigenvalue weighted by molar-refractivity contribution is -0.118. The largest absolute Gasteiger partial charge is 0.358 e. The summed E-state index contributed by atoms with van der Waals surface area (Å²) in [5.74, 6) is 0.248. The number of aromatic nitrogens is 2. The lowest BCUT2D eigenvalue weighted by atomic mass is 10.3. The van der Waals surface area contributed by atoms with E-state index in [2.05, 4.69) is 15.3 Å². The van der Waals surface area contributed by atoms with Crippen LogP contribution in [0.25, 0.3) is 0 Å². The lowest BCUT2D eigenvalue weighted by Crippen LogP contribution is -2.21. The second kappa shape index (κ2) is 4.69. The molecule has 0 saturated heterocycles. The summed E-state index contributed by atoms with van der Waals surface area (Å²) in [5.41, 5.74) is 1.77. The predicted octanol–water partition coefficient (Wildman–Crippen LogP) is 0.0967. The highest BCUT2D eigenvalue weighted by atomic mass is 32.2. The molecule has 0 atom stereocenters. The number of fused-ring (bicyclic) bond motifs is 1. The number of hydrogen-bond donors (Lipinski definition) is 2. The number of nitrogens with zero attached hydrogens (tertiary/aromatic N) is 1.